The first-order valence-electron chi connectivity index (χ1n) is 6.77. The van der Waals surface area contributed by atoms with Crippen LogP contribution in [0.1, 0.15) is 48.9 Å². The van der Waals surface area contributed by atoms with Crippen molar-refractivity contribution in [2.24, 2.45) is 5.92 Å². The Kier molecular flexibility index (Phi) is 4.40. The highest BCUT2D eigenvalue weighted by Crippen LogP contribution is 2.31. The number of nitrogens with one attached hydrogen (secondary N) is 1. The second-order valence-electron chi connectivity index (χ2n) is 5.44. The van der Waals surface area contributed by atoms with E-state index in [0.717, 1.165) is 12.8 Å². The highest BCUT2D eigenvalue weighted by atomic mass is 16.5. The van der Waals surface area contributed by atoms with E-state index in [4.69, 9.17) is 9.26 Å². The summed E-state index contributed by atoms with van der Waals surface area (Å²) in [7, 11) is 1.54. The Morgan fingerprint density at radius 1 is 1.65 bits per heavy atom. The van der Waals surface area contributed by atoms with E-state index in [2.05, 4.69) is 23.5 Å². The molecule has 1 aliphatic carbocycles. The van der Waals surface area contributed by atoms with E-state index in [0.29, 0.717) is 24.5 Å². The molecule has 0 aromatic carbocycles. The fourth-order valence-corrected chi connectivity index (χ4v) is 2.43. The quantitative estimate of drug-likeness (QED) is 0.909. The van der Waals surface area contributed by atoms with E-state index >= 15 is 0 Å². The number of aromatic nitrogens is 1. The number of hydrogen-bond acceptors (Lipinski definition) is 5. The minimum Gasteiger partial charge on any atom is -0.377 e. The smallest absolute Gasteiger partial charge is 0.274 e. The summed E-state index contributed by atoms with van der Waals surface area (Å²) < 4.78 is 9.89. The summed E-state index contributed by atoms with van der Waals surface area (Å²) in [5.41, 5.74) is -0.588. The maximum atomic E-state index is 12.2. The molecule has 0 atom stereocenters. The summed E-state index contributed by atoms with van der Waals surface area (Å²) in [5.74, 6) is 0.724. The molecule has 1 fully saturated rings. The Bertz CT molecular complexity index is 510. The Morgan fingerprint density at radius 3 is 2.95 bits per heavy atom. The third-order valence-electron chi connectivity index (χ3n) is 3.77. The van der Waals surface area contributed by atoms with E-state index in [1.54, 1.807) is 0 Å². The van der Waals surface area contributed by atoms with Crippen molar-refractivity contribution >= 4 is 5.91 Å². The van der Waals surface area contributed by atoms with Crippen LogP contribution in [0.25, 0.3) is 0 Å². The van der Waals surface area contributed by atoms with Crippen LogP contribution in [0.15, 0.2) is 10.6 Å². The van der Waals surface area contributed by atoms with Crippen LogP contribution in [0, 0.1) is 17.2 Å². The summed E-state index contributed by atoms with van der Waals surface area (Å²) in [4.78, 5) is 12.2. The Balaban J connectivity index is 2.03. The monoisotopic (exact) mass is 277 g/mol. The van der Waals surface area contributed by atoms with Crippen molar-refractivity contribution in [3.8, 4) is 6.07 Å². The summed E-state index contributed by atoms with van der Waals surface area (Å²) in [6.45, 7) is 2.43. The van der Waals surface area contributed by atoms with Gasteiger partial charge in [0.2, 0.25) is 0 Å². The van der Waals surface area contributed by atoms with Gasteiger partial charge in [-0.1, -0.05) is 12.1 Å². The van der Waals surface area contributed by atoms with Gasteiger partial charge in [-0.2, -0.15) is 5.26 Å². The molecule has 0 spiro atoms. The number of amides is 1. The molecular formula is C14H19N3O3. The van der Waals surface area contributed by atoms with Crippen molar-refractivity contribution in [2.45, 2.75) is 44.8 Å². The van der Waals surface area contributed by atoms with Crippen LogP contribution >= 0.6 is 0 Å². The molecule has 1 N–H and O–H groups in total. The predicted molar refractivity (Wildman–Crippen MR) is 70.7 cm³/mol. The van der Waals surface area contributed by atoms with Crippen molar-refractivity contribution in [1.29, 1.82) is 5.26 Å². The topological polar surface area (TPSA) is 88.1 Å². The zero-order valence-corrected chi connectivity index (χ0v) is 11.8. The first-order chi connectivity index (χ1) is 9.58. The number of carbonyl (C=O) groups is 1. The SMILES string of the molecule is COCc1cc(C(=O)NC2(C#N)CCC(C)CC2)no1. The summed E-state index contributed by atoms with van der Waals surface area (Å²) >= 11 is 0. The minimum atomic E-state index is -0.774. The third kappa shape index (κ3) is 3.17. The Morgan fingerprint density at radius 2 is 2.35 bits per heavy atom. The number of carbonyl (C=O) groups excluding carboxylic acids is 1. The van der Waals surface area contributed by atoms with Crippen molar-refractivity contribution in [3.05, 3.63) is 17.5 Å². The lowest BCUT2D eigenvalue weighted by Gasteiger charge is -2.34. The zero-order chi connectivity index (χ0) is 14.6. The van der Waals surface area contributed by atoms with Crippen molar-refractivity contribution in [3.63, 3.8) is 0 Å². The van der Waals surface area contributed by atoms with Gasteiger partial charge in [-0.25, -0.2) is 0 Å². The molecule has 2 rings (SSSR count). The van der Waals surface area contributed by atoms with Crippen LogP contribution in [0.3, 0.4) is 0 Å². The molecule has 20 heavy (non-hydrogen) atoms. The van der Waals surface area contributed by atoms with Gasteiger partial charge in [0, 0.05) is 13.2 Å². The molecule has 1 amide bonds. The van der Waals surface area contributed by atoms with Gasteiger partial charge in [0.1, 0.15) is 12.1 Å². The molecule has 1 aromatic heterocycles. The predicted octanol–water partition coefficient (Wildman–Crippen LogP) is 2.02. The standard InChI is InChI=1S/C14H19N3O3/c1-10-3-5-14(9-15,6-4-10)16-13(18)12-7-11(8-19-2)20-17-12/h7,10H,3-6,8H2,1-2H3,(H,16,18). The second-order valence-corrected chi connectivity index (χ2v) is 5.44. The van der Waals surface area contributed by atoms with E-state index in [1.807, 2.05) is 0 Å². The van der Waals surface area contributed by atoms with E-state index in [1.165, 1.54) is 13.2 Å². The molecule has 0 unspecified atom stereocenters. The fourth-order valence-electron chi connectivity index (χ4n) is 2.43. The average molecular weight is 277 g/mol. The number of rotatable bonds is 4. The molecule has 1 aromatic rings. The van der Waals surface area contributed by atoms with Gasteiger partial charge in [0.15, 0.2) is 11.5 Å². The molecule has 108 valence electrons. The van der Waals surface area contributed by atoms with Crippen molar-refractivity contribution in [1.82, 2.24) is 10.5 Å². The highest BCUT2D eigenvalue weighted by Gasteiger charge is 2.36. The van der Waals surface area contributed by atoms with Gasteiger partial charge >= 0.3 is 0 Å². The van der Waals surface area contributed by atoms with Crippen LogP contribution in [0.4, 0.5) is 0 Å². The number of hydrogen-bond donors (Lipinski definition) is 1. The van der Waals surface area contributed by atoms with E-state index in [-0.39, 0.29) is 18.2 Å². The average Bonchev–Trinajstić information content (AvgIpc) is 2.91. The first kappa shape index (κ1) is 14.5. The molecular weight excluding hydrogens is 258 g/mol. The van der Waals surface area contributed by atoms with Gasteiger partial charge in [0.05, 0.1) is 6.07 Å². The summed E-state index contributed by atoms with van der Waals surface area (Å²) in [6, 6.07) is 3.79. The molecule has 6 heteroatoms. The minimum absolute atomic E-state index is 0.185. The molecule has 0 radical (unpaired) electrons. The van der Waals surface area contributed by atoms with Crippen LogP contribution in [-0.2, 0) is 11.3 Å². The summed E-state index contributed by atoms with van der Waals surface area (Å²) in [5, 5.41) is 15.9. The normalized spacial score (nSPS) is 25.9. The molecule has 0 saturated heterocycles. The van der Waals surface area contributed by atoms with Crippen molar-refractivity contribution < 1.29 is 14.1 Å². The van der Waals surface area contributed by atoms with Gasteiger partial charge < -0.3 is 14.6 Å². The Hall–Kier alpha value is -1.87. The first-order valence-corrected chi connectivity index (χ1v) is 6.77. The number of methoxy groups -OCH3 is 1. The zero-order valence-electron chi connectivity index (χ0n) is 11.8. The molecule has 0 aliphatic heterocycles. The van der Waals surface area contributed by atoms with Crippen LogP contribution in [0.2, 0.25) is 0 Å². The fraction of sp³-hybridized carbons (Fsp3) is 0.643. The number of nitrogens with zero attached hydrogens (tertiary/aromatic N) is 2. The lowest BCUT2D eigenvalue weighted by atomic mass is 9.78. The van der Waals surface area contributed by atoms with Gasteiger partial charge in [-0.05, 0) is 31.6 Å². The molecule has 1 saturated carbocycles. The van der Waals surface area contributed by atoms with Crippen molar-refractivity contribution in [2.75, 3.05) is 7.11 Å². The maximum Gasteiger partial charge on any atom is 0.274 e. The van der Waals surface area contributed by atoms with Crippen LogP contribution < -0.4 is 5.32 Å². The number of nitriles is 1. The van der Waals surface area contributed by atoms with E-state index < -0.39 is 5.54 Å². The largest absolute Gasteiger partial charge is 0.377 e. The summed E-state index contributed by atoms with van der Waals surface area (Å²) in [6.07, 6.45) is 3.25. The van der Waals surface area contributed by atoms with Gasteiger partial charge in [-0.3, -0.25) is 4.79 Å². The molecule has 6 nitrogen and oxygen atoms in total. The highest BCUT2D eigenvalue weighted by molar-refractivity contribution is 5.93. The molecule has 1 heterocycles. The van der Waals surface area contributed by atoms with Gasteiger partial charge in [0.25, 0.3) is 5.91 Å². The van der Waals surface area contributed by atoms with Gasteiger partial charge in [-0.15, -0.1) is 0 Å². The number of ether oxygens (including phenoxy) is 1. The lowest BCUT2D eigenvalue weighted by molar-refractivity contribution is 0.0884. The molecule has 1 aliphatic rings. The van der Waals surface area contributed by atoms with Crippen LogP contribution in [-0.4, -0.2) is 23.7 Å². The van der Waals surface area contributed by atoms with Crippen LogP contribution in [0.5, 0.6) is 0 Å². The lowest BCUT2D eigenvalue weighted by Crippen LogP contribution is -2.49. The second kappa shape index (κ2) is 6.06. The van der Waals surface area contributed by atoms with E-state index in [9.17, 15) is 10.1 Å². The third-order valence-corrected chi connectivity index (χ3v) is 3.77. The maximum absolute atomic E-state index is 12.2. The Labute approximate surface area is 118 Å². The molecule has 0 bridgehead atoms.